The van der Waals surface area contributed by atoms with Crippen LogP contribution in [0.1, 0.15) is 0 Å². The maximum absolute atomic E-state index is 0. The molecule has 0 rings (SSSR count). The van der Waals surface area contributed by atoms with E-state index < -0.39 is 0 Å². The minimum atomic E-state index is 0. The Balaban J connectivity index is 0. The van der Waals surface area contributed by atoms with E-state index in [0.29, 0.717) is 0 Å². The Kier molecular flexibility index (Phi) is 750. The van der Waals surface area contributed by atoms with Gasteiger partial charge in [0.2, 0.25) is 0 Å². The fourth-order valence-corrected chi connectivity index (χ4v) is 0. The monoisotopic (exact) mass is 382 g/mol. The van der Waals surface area contributed by atoms with Gasteiger partial charge in [0.25, 0.3) is 0 Å². The predicted octanol–water partition coefficient (Wildman–Crippen LogP) is 1.88. The van der Waals surface area contributed by atoms with Crippen molar-refractivity contribution >= 4 is 104 Å². The van der Waals surface area contributed by atoms with Crippen molar-refractivity contribution in [3.63, 3.8) is 0 Å². The molecule has 0 aromatic heterocycles. The summed E-state index contributed by atoms with van der Waals surface area (Å²) in [7, 11) is 0. The van der Waals surface area contributed by atoms with E-state index in [0.717, 1.165) is 0 Å². The van der Waals surface area contributed by atoms with Gasteiger partial charge in [-0.05, 0) is 0 Å². The van der Waals surface area contributed by atoms with Crippen LogP contribution in [0, 0.1) is 40.8 Å². The molecule has 0 aliphatic carbocycles. The van der Waals surface area contributed by atoms with Gasteiger partial charge >= 0.3 is 29.6 Å². The molecule has 0 aliphatic heterocycles. The molecule has 0 unspecified atom stereocenters. The third kappa shape index (κ3) is 49.8. The van der Waals surface area contributed by atoms with Crippen molar-refractivity contribution in [2.75, 3.05) is 0 Å². The van der Waals surface area contributed by atoms with E-state index in [9.17, 15) is 0 Å². The van der Waals surface area contributed by atoms with Crippen LogP contribution in [-0.4, -0.2) is 29.6 Å². The van der Waals surface area contributed by atoms with Crippen molar-refractivity contribution in [1.29, 1.82) is 0 Å². The molecule has 54 valence electrons. The molecule has 0 radical (unpaired) electrons. The molecule has 0 aromatic carbocycles. The molecule has 0 fully saturated rings. The first kappa shape index (κ1) is 88.9. The van der Waals surface area contributed by atoms with Crippen molar-refractivity contribution in [2.45, 2.75) is 0 Å². The molecular weight excluding hydrogens is 380 g/mol. The van der Waals surface area contributed by atoms with Crippen molar-refractivity contribution in [1.82, 2.24) is 0 Å². The van der Waals surface area contributed by atoms with Crippen molar-refractivity contribution < 1.29 is 40.8 Å². The fourth-order valence-electron chi connectivity index (χ4n) is 0. The van der Waals surface area contributed by atoms with Gasteiger partial charge < -0.3 is 0 Å². The quantitative estimate of drug-likeness (QED) is 0.558. The van der Waals surface area contributed by atoms with Crippen LogP contribution >= 0.6 is 74.4 Å². The van der Waals surface area contributed by atoms with Gasteiger partial charge in [-0.1, -0.05) is 0 Å². The average molecular weight is 387 g/mol. The third-order valence-corrected chi connectivity index (χ3v) is 0. The Labute approximate surface area is 142 Å². The maximum atomic E-state index is 0. The molecule has 0 saturated carbocycles. The summed E-state index contributed by atoms with van der Waals surface area (Å²) < 4.78 is 0. The molecule has 0 aliphatic rings. The van der Waals surface area contributed by atoms with E-state index in [1.54, 1.807) is 0 Å². The third-order valence-electron chi connectivity index (χ3n) is 0. The Morgan fingerprint density at radius 3 is 0.375 bits per heavy atom. The number of hydrogen-bond acceptors (Lipinski definition) is 0. The molecule has 0 atom stereocenters. The van der Waals surface area contributed by atoms with E-state index in [1.807, 2.05) is 0 Å². The topological polar surface area (TPSA) is 0 Å². The number of rotatable bonds is 0. The molecule has 0 saturated heterocycles. The predicted molar refractivity (Wildman–Crippen MR) is 50.6 cm³/mol. The van der Waals surface area contributed by atoms with Crippen LogP contribution in [0.15, 0.2) is 0 Å². The van der Waals surface area contributed by atoms with Crippen molar-refractivity contribution in [3.8, 4) is 0 Å². The van der Waals surface area contributed by atoms with E-state index in [1.165, 1.54) is 0 Å². The summed E-state index contributed by atoms with van der Waals surface area (Å²) in [4.78, 5) is 0. The molecule has 0 heterocycles. The van der Waals surface area contributed by atoms with Crippen molar-refractivity contribution in [3.05, 3.63) is 0 Å². The van der Waals surface area contributed by atoms with Gasteiger partial charge in [0.05, 0.1) is 0 Å². The summed E-state index contributed by atoms with van der Waals surface area (Å²) in [5, 5.41) is 0. The van der Waals surface area contributed by atoms with Crippen LogP contribution < -0.4 is 0 Å². The Morgan fingerprint density at radius 1 is 0.375 bits per heavy atom. The van der Waals surface area contributed by atoms with Gasteiger partial charge in [-0.25, -0.2) is 0 Å². The van der Waals surface area contributed by atoms with E-state index in [2.05, 4.69) is 0 Å². The van der Waals surface area contributed by atoms with Crippen LogP contribution in [-0.2, 0) is 0 Å². The summed E-state index contributed by atoms with van der Waals surface area (Å²) in [6.07, 6.45) is 0. The van der Waals surface area contributed by atoms with Crippen LogP contribution in [0.2, 0.25) is 0 Å². The molecule has 0 N–H and O–H groups in total. The first-order chi connectivity index (χ1) is 0. The summed E-state index contributed by atoms with van der Waals surface area (Å²) in [6.45, 7) is 0. The van der Waals surface area contributed by atoms with Crippen LogP contribution in [0.4, 0.5) is 0 Å². The van der Waals surface area contributed by atoms with Crippen LogP contribution in [0.5, 0.6) is 0 Å². The van der Waals surface area contributed by atoms with E-state index >= 15 is 0 Å². The second-order valence-corrected chi connectivity index (χ2v) is 0. The molecule has 8 heavy (non-hydrogen) atoms. The summed E-state index contributed by atoms with van der Waals surface area (Å²) >= 11 is 0. The molecule has 0 nitrogen and oxygen atoms in total. The first-order valence-corrected chi connectivity index (χ1v) is 0. The van der Waals surface area contributed by atoms with Crippen LogP contribution in [0.25, 0.3) is 0 Å². The van der Waals surface area contributed by atoms with Crippen LogP contribution in [0.3, 0.4) is 0 Å². The largest absolute Gasteiger partial charge is 0 e. The van der Waals surface area contributed by atoms with Crippen molar-refractivity contribution in [2.24, 2.45) is 0 Å². The Hall–Kier alpha value is 4.09. The van der Waals surface area contributed by atoms with Gasteiger partial charge in [0.1, 0.15) is 0 Å². The maximum Gasteiger partial charge on any atom is 0 e. The summed E-state index contributed by atoms with van der Waals surface area (Å²) in [5.74, 6) is 0. The summed E-state index contributed by atoms with van der Waals surface area (Å²) in [5.41, 5.74) is 0. The molecule has 0 aromatic rings. The zero-order chi connectivity index (χ0) is 0. The van der Waals surface area contributed by atoms with Gasteiger partial charge in [0.15, 0.2) is 0 Å². The number of hydrogen-bond donors (Lipinski definition) is 0. The smallest absolute Gasteiger partial charge is 0 e. The molecule has 0 bridgehead atoms. The Bertz CT molecular complexity index is 8.49. The standard InChI is InChI=1S/6ClH.Na.Nd.H/h6*1H;;;. The fraction of sp³-hybridized carbons (Fsp3) is 0. The molecule has 0 amide bonds. The number of halogens is 6. The van der Waals surface area contributed by atoms with Gasteiger partial charge in [-0.2, -0.15) is 0 Å². The first-order valence-electron chi connectivity index (χ1n) is 0. The second-order valence-electron chi connectivity index (χ2n) is 0. The minimum Gasteiger partial charge on any atom is 0 e. The molecule has 8 heteroatoms. The molecular formula is H7Cl6NaNd. The normalized spacial score (nSPS) is 0. The van der Waals surface area contributed by atoms with E-state index in [-0.39, 0.29) is 145 Å². The SMILES string of the molecule is Cl.Cl.Cl.Cl.Cl.Cl.[NaH].[Nd]. The minimum absolute atomic E-state index is 0. The summed E-state index contributed by atoms with van der Waals surface area (Å²) in [6, 6.07) is 0. The van der Waals surface area contributed by atoms with Gasteiger partial charge in [-0.3, -0.25) is 0 Å². The Morgan fingerprint density at radius 2 is 0.375 bits per heavy atom. The zero-order valence-electron chi connectivity index (χ0n) is 2.95. The van der Waals surface area contributed by atoms with E-state index in [4.69, 9.17) is 0 Å². The van der Waals surface area contributed by atoms with Gasteiger partial charge in [0, 0.05) is 40.8 Å². The molecule has 0 spiro atoms. The second kappa shape index (κ2) is 67.5. The zero-order valence-corrected chi connectivity index (χ0v) is 11.1. The average Bonchev–Trinajstić information content (AvgIpc) is 0. The van der Waals surface area contributed by atoms with Gasteiger partial charge in [-0.15, -0.1) is 74.4 Å².